The maximum atomic E-state index is 5.57. The fourth-order valence-corrected chi connectivity index (χ4v) is 2.67. The molecule has 1 heterocycles. The summed E-state index contributed by atoms with van der Waals surface area (Å²) in [5.41, 5.74) is 7.06. The molecule has 0 aliphatic carbocycles. The van der Waals surface area contributed by atoms with Crippen LogP contribution in [0.1, 0.15) is 24.3 Å². The van der Waals surface area contributed by atoms with Crippen molar-refractivity contribution in [2.45, 2.75) is 18.8 Å². The molecule has 0 aromatic heterocycles. The summed E-state index contributed by atoms with van der Waals surface area (Å²) in [5.74, 6) is 0.738. The van der Waals surface area contributed by atoms with Gasteiger partial charge in [0, 0.05) is 17.6 Å². The van der Waals surface area contributed by atoms with E-state index in [0.717, 1.165) is 23.5 Å². The predicted octanol–water partition coefficient (Wildman–Crippen LogP) is 2.59. The highest BCUT2D eigenvalue weighted by molar-refractivity contribution is 9.10. The molecule has 2 rings (SSSR count). The van der Waals surface area contributed by atoms with Gasteiger partial charge in [0.15, 0.2) is 0 Å². The third kappa shape index (κ3) is 3.06. The number of halogens is 1. The number of hydrogen-bond donors (Lipinski definition) is 1. The molecule has 0 radical (unpaired) electrons. The van der Waals surface area contributed by atoms with Crippen molar-refractivity contribution in [1.29, 1.82) is 0 Å². The smallest absolute Gasteiger partial charge is 0.0175 e. The van der Waals surface area contributed by atoms with Crippen LogP contribution in [0.2, 0.25) is 0 Å². The molecule has 0 saturated carbocycles. The summed E-state index contributed by atoms with van der Waals surface area (Å²) in [6.07, 6.45) is 2.53. The van der Waals surface area contributed by atoms with E-state index in [1.165, 1.54) is 31.5 Å². The van der Waals surface area contributed by atoms with Gasteiger partial charge < -0.3 is 10.6 Å². The number of piperidine rings is 1. The van der Waals surface area contributed by atoms with Gasteiger partial charge in [0.05, 0.1) is 0 Å². The highest BCUT2D eigenvalue weighted by atomic mass is 79.9. The fourth-order valence-electron chi connectivity index (χ4n) is 2.41. The van der Waals surface area contributed by atoms with Crippen molar-refractivity contribution >= 4 is 15.9 Å². The summed E-state index contributed by atoms with van der Waals surface area (Å²) in [6, 6.07) is 8.77. The van der Waals surface area contributed by atoms with E-state index in [-0.39, 0.29) is 0 Å². The molecule has 2 N–H and O–H groups in total. The standard InChI is InChI=1S/C13H19BrN2/c14-13-3-1-11(2-4-13)12-5-8-16(9-6-12)10-7-15/h1-4,12H,5-10,15H2. The van der Waals surface area contributed by atoms with Crippen LogP contribution in [0.25, 0.3) is 0 Å². The number of benzene rings is 1. The van der Waals surface area contributed by atoms with E-state index in [1.54, 1.807) is 0 Å². The Bertz CT molecular complexity index is 315. The molecule has 16 heavy (non-hydrogen) atoms. The van der Waals surface area contributed by atoms with E-state index < -0.39 is 0 Å². The highest BCUT2D eigenvalue weighted by Crippen LogP contribution is 2.28. The maximum absolute atomic E-state index is 5.57. The Balaban J connectivity index is 1.91. The van der Waals surface area contributed by atoms with Crippen molar-refractivity contribution in [1.82, 2.24) is 4.90 Å². The highest BCUT2D eigenvalue weighted by Gasteiger charge is 2.19. The minimum absolute atomic E-state index is 0.738. The van der Waals surface area contributed by atoms with Crippen LogP contribution in [-0.2, 0) is 0 Å². The molecule has 1 aromatic carbocycles. The van der Waals surface area contributed by atoms with Gasteiger partial charge in [0.25, 0.3) is 0 Å². The second kappa shape index (κ2) is 5.80. The second-order valence-corrected chi connectivity index (χ2v) is 5.37. The minimum atomic E-state index is 0.738. The molecule has 3 heteroatoms. The van der Waals surface area contributed by atoms with Crippen LogP contribution in [-0.4, -0.2) is 31.1 Å². The molecule has 0 unspecified atom stereocenters. The van der Waals surface area contributed by atoms with E-state index >= 15 is 0 Å². The summed E-state index contributed by atoms with van der Waals surface area (Å²) in [4.78, 5) is 2.47. The summed E-state index contributed by atoms with van der Waals surface area (Å²) in [5, 5.41) is 0. The lowest BCUT2D eigenvalue weighted by molar-refractivity contribution is 0.218. The molecular weight excluding hydrogens is 264 g/mol. The molecule has 1 aromatic rings. The molecule has 1 fully saturated rings. The molecule has 0 bridgehead atoms. The third-order valence-corrected chi connectivity index (χ3v) is 3.90. The number of nitrogens with zero attached hydrogens (tertiary/aromatic N) is 1. The lowest BCUT2D eigenvalue weighted by atomic mass is 9.89. The lowest BCUT2D eigenvalue weighted by Crippen LogP contribution is -2.36. The van der Waals surface area contributed by atoms with Crippen LogP contribution < -0.4 is 5.73 Å². The molecule has 0 atom stereocenters. The van der Waals surface area contributed by atoms with Crippen LogP contribution in [0.5, 0.6) is 0 Å². The van der Waals surface area contributed by atoms with E-state index in [2.05, 4.69) is 45.1 Å². The zero-order chi connectivity index (χ0) is 11.4. The molecule has 88 valence electrons. The van der Waals surface area contributed by atoms with E-state index in [4.69, 9.17) is 5.73 Å². The molecule has 1 aliphatic heterocycles. The van der Waals surface area contributed by atoms with Gasteiger partial charge in [0.2, 0.25) is 0 Å². The summed E-state index contributed by atoms with van der Waals surface area (Å²) < 4.78 is 1.16. The van der Waals surface area contributed by atoms with Gasteiger partial charge in [-0.05, 0) is 49.5 Å². The van der Waals surface area contributed by atoms with Crippen molar-refractivity contribution in [2.24, 2.45) is 5.73 Å². The Kier molecular flexibility index (Phi) is 4.38. The Hall–Kier alpha value is -0.380. The zero-order valence-electron chi connectivity index (χ0n) is 9.53. The lowest BCUT2D eigenvalue weighted by Gasteiger charge is -2.31. The van der Waals surface area contributed by atoms with Crippen molar-refractivity contribution in [3.05, 3.63) is 34.3 Å². The Morgan fingerprint density at radius 2 is 1.81 bits per heavy atom. The maximum Gasteiger partial charge on any atom is 0.0175 e. The van der Waals surface area contributed by atoms with E-state index in [1.807, 2.05) is 0 Å². The molecule has 1 aliphatic rings. The average Bonchev–Trinajstić information content (AvgIpc) is 2.32. The molecule has 0 amide bonds. The minimum Gasteiger partial charge on any atom is -0.329 e. The first-order valence-electron chi connectivity index (χ1n) is 5.97. The van der Waals surface area contributed by atoms with Crippen molar-refractivity contribution < 1.29 is 0 Å². The summed E-state index contributed by atoms with van der Waals surface area (Å²) >= 11 is 3.48. The van der Waals surface area contributed by atoms with E-state index in [0.29, 0.717) is 0 Å². The third-order valence-electron chi connectivity index (χ3n) is 3.37. The Labute approximate surface area is 106 Å². The van der Waals surface area contributed by atoms with Gasteiger partial charge in [0.1, 0.15) is 0 Å². The normalized spacial score (nSPS) is 18.9. The number of hydrogen-bond acceptors (Lipinski definition) is 2. The first kappa shape index (κ1) is 12.1. The van der Waals surface area contributed by atoms with Gasteiger partial charge in [-0.15, -0.1) is 0 Å². The van der Waals surface area contributed by atoms with Crippen LogP contribution in [0.3, 0.4) is 0 Å². The van der Waals surface area contributed by atoms with Crippen molar-refractivity contribution in [2.75, 3.05) is 26.2 Å². The summed E-state index contributed by atoms with van der Waals surface area (Å²) in [6.45, 7) is 4.21. The Morgan fingerprint density at radius 1 is 1.19 bits per heavy atom. The van der Waals surface area contributed by atoms with Gasteiger partial charge in [-0.2, -0.15) is 0 Å². The van der Waals surface area contributed by atoms with Crippen molar-refractivity contribution in [3.8, 4) is 0 Å². The van der Waals surface area contributed by atoms with Gasteiger partial charge in [-0.25, -0.2) is 0 Å². The number of nitrogens with two attached hydrogens (primary N) is 1. The van der Waals surface area contributed by atoms with Crippen LogP contribution in [0, 0.1) is 0 Å². The summed E-state index contributed by atoms with van der Waals surface area (Å²) in [7, 11) is 0. The largest absolute Gasteiger partial charge is 0.329 e. The molecule has 1 saturated heterocycles. The van der Waals surface area contributed by atoms with Crippen LogP contribution >= 0.6 is 15.9 Å². The molecule has 0 spiro atoms. The number of rotatable bonds is 3. The topological polar surface area (TPSA) is 29.3 Å². The molecule has 2 nitrogen and oxygen atoms in total. The fraction of sp³-hybridized carbons (Fsp3) is 0.538. The first-order valence-corrected chi connectivity index (χ1v) is 6.77. The Morgan fingerprint density at radius 3 is 2.38 bits per heavy atom. The van der Waals surface area contributed by atoms with Gasteiger partial charge >= 0.3 is 0 Å². The van der Waals surface area contributed by atoms with Crippen molar-refractivity contribution in [3.63, 3.8) is 0 Å². The molecular formula is C13H19BrN2. The average molecular weight is 283 g/mol. The SMILES string of the molecule is NCCN1CCC(c2ccc(Br)cc2)CC1. The van der Waals surface area contributed by atoms with E-state index in [9.17, 15) is 0 Å². The number of likely N-dealkylation sites (tertiary alicyclic amines) is 1. The van der Waals surface area contributed by atoms with Crippen LogP contribution in [0.15, 0.2) is 28.7 Å². The predicted molar refractivity (Wildman–Crippen MR) is 71.6 cm³/mol. The monoisotopic (exact) mass is 282 g/mol. The van der Waals surface area contributed by atoms with Crippen LogP contribution in [0.4, 0.5) is 0 Å². The zero-order valence-corrected chi connectivity index (χ0v) is 11.1. The van der Waals surface area contributed by atoms with Gasteiger partial charge in [-0.1, -0.05) is 28.1 Å². The quantitative estimate of drug-likeness (QED) is 0.924. The second-order valence-electron chi connectivity index (χ2n) is 4.46. The van der Waals surface area contributed by atoms with Gasteiger partial charge in [-0.3, -0.25) is 0 Å². The first-order chi connectivity index (χ1) is 7.79.